The number of halogens is 3. The Kier molecular flexibility index (Phi) is 6.27. The quantitative estimate of drug-likeness (QED) is 0.561. The van der Waals surface area contributed by atoms with Crippen molar-refractivity contribution in [2.45, 2.75) is 19.0 Å². The van der Waals surface area contributed by atoms with Crippen LogP contribution in [0.1, 0.15) is 18.4 Å². The van der Waals surface area contributed by atoms with Gasteiger partial charge in [-0.15, -0.1) is 0 Å². The van der Waals surface area contributed by atoms with E-state index in [0.717, 1.165) is 49.8 Å². The lowest BCUT2D eigenvalue weighted by Gasteiger charge is -2.39. The first-order valence-electron chi connectivity index (χ1n) is 11.5. The van der Waals surface area contributed by atoms with Crippen molar-refractivity contribution in [2.75, 3.05) is 49.1 Å². The smallest absolute Gasteiger partial charge is 0.356 e. The maximum atomic E-state index is 13.1. The van der Waals surface area contributed by atoms with Gasteiger partial charge in [0.2, 0.25) is 5.91 Å². The molecule has 2 aliphatic heterocycles. The second kappa shape index (κ2) is 9.51. The molecule has 0 unspecified atom stereocenters. The fraction of sp³-hybridized carbons (Fsp3) is 0.435. The third-order valence-electron chi connectivity index (χ3n) is 6.57. The Bertz CT molecular complexity index is 1140. The van der Waals surface area contributed by atoms with Gasteiger partial charge in [-0.05, 0) is 25.0 Å². The van der Waals surface area contributed by atoms with Crippen LogP contribution in [0.4, 0.5) is 24.8 Å². The van der Waals surface area contributed by atoms with Crippen LogP contribution in [-0.4, -0.2) is 74.6 Å². The first kappa shape index (κ1) is 23.1. The summed E-state index contributed by atoms with van der Waals surface area (Å²) in [6.45, 7) is 3.60. The predicted molar refractivity (Wildman–Crippen MR) is 122 cm³/mol. The second-order valence-electron chi connectivity index (χ2n) is 8.68. The van der Waals surface area contributed by atoms with E-state index in [9.17, 15) is 18.0 Å². The highest BCUT2D eigenvalue weighted by molar-refractivity contribution is 5.79. The van der Waals surface area contributed by atoms with Gasteiger partial charge in [0.1, 0.15) is 30.1 Å². The molecule has 9 nitrogen and oxygen atoms in total. The fourth-order valence-corrected chi connectivity index (χ4v) is 4.56. The van der Waals surface area contributed by atoms with Gasteiger partial charge in [0.05, 0.1) is 5.56 Å². The zero-order valence-corrected chi connectivity index (χ0v) is 19.0. The average molecular weight is 487 g/mol. The van der Waals surface area contributed by atoms with Crippen LogP contribution < -0.4 is 9.80 Å². The normalized spacial score (nSPS) is 17.6. The predicted octanol–water partition coefficient (Wildman–Crippen LogP) is 2.64. The Balaban J connectivity index is 1.13. The Morgan fingerprint density at radius 1 is 0.886 bits per heavy atom. The molecule has 0 atom stereocenters. The van der Waals surface area contributed by atoms with Crippen molar-refractivity contribution in [1.29, 1.82) is 0 Å². The summed E-state index contributed by atoms with van der Waals surface area (Å²) in [5.74, 6) is 2.17. The molecule has 184 valence electrons. The van der Waals surface area contributed by atoms with E-state index in [1.807, 2.05) is 26.6 Å². The number of pyridine rings is 1. The Morgan fingerprint density at radius 3 is 2.23 bits per heavy atom. The largest absolute Gasteiger partial charge is 0.417 e. The molecule has 0 bridgehead atoms. The Morgan fingerprint density at radius 2 is 1.60 bits per heavy atom. The lowest BCUT2D eigenvalue weighted by molar-refractivity contribution is -0.138. The molecule has 12 heteroatoms. The topological polar surface area (TPSA) is 83.3 Å². The van der Waals surface area contributed by atoms with Crippen molar-refractivity contribution in [3.8, 4) is 5.82 Å². The Hall–Kier alpha value is -3.70. The van der Waals surface area contributed by atoms with Crippen LogP contribution in [0.5, 0.6) is 0 Å². The van der Waals surface area contributed by atoms with Crippen LogP contribution in [0.2, 0.25) is 0 Å². The van der Waals surface area contributed by atoms with Crippen LogP contribution in [0.3, 0.4) is 0 Å². The van der Waals surface area contributed by atoms with Gasteiger partial charge >= 0.3 is 6.18 Å². The number of alkyl halides is 3. The number of rotatable bonds is 4. The zero-order valence-electron chi connectivity index (χ0n) is 19.0. The summed E-state index contributed by atoms with van der Waals surface area (Å²) < 4.78 is 40.1. The minimum Gasteiger partial charge on any atom is -0.356 e. The van der Waals surface area contributed by atoms with E-state index < -0.39 is 11.7 Å². The minimum absolute atomic E-state index is 0.0445. The van der Waals surface area contributed by atoms with Gasteiger partial charge < -0.3 is 14.7 Å². The molecule has 3 aromatic rings. The van der Waals surface area contributed by atoms with E-state index >= 15 is 0 Å². The number of hydrogen-bond acceptors (Lipinski definition) is 7. The van der Waals surface area contributed by atoms with Crippen molar-refractivity contribution >= 4 is 17.5 Å². The molecule has 5 heterocycles. The molecule has 5 rings (SSSR count). The fourth-order valence-electron chi connectivity index (χ4n) is 4.56. The molecule has 2 fully saturated rings. The number of piperidine rings is 1. The van der Waals surface area contributed by atoms with Crippen LogP contribution in [0, 0.1) is 5.92 Å². The van der Waals surface area contributed by atoms with Gasteiger partial charge in [0.15, 0.2) is 0 Å². The molecule has 2 aliphatic rings. The summed E-state index contributed by atoms with van der Waals surface area (Å²) in [4.78, 5) is 35.8. The van der Waals surface area contributed by atoms with Crippen molar-refractivity contribution < 1.29 is 18.0 Å². The van der Waals surface area contributed by atoms with E-state index in [0.29, 0.717) is 32.0 Å². The molecule has 0 aliphatic carbocycles. The molecule has 0 spiro atoms. The highest BCUT2D eigenvalue weighted by atomic mass is 19.4. The summed E-state index contributed by atoms with van der Waals surface area (Å²) in [6, 6.07) is 4.35. The summed E-state index contributed by atoms with van der Waals surface area (Å²) >= 11 is 0. The third-order valence-corrected chi connectivity index (χ3v) is 6.57. The van der Waals surface area contributed by atoms with Gasteiger partial charge in [-0.3, -0.25) is 9.36 Å². The number of aromatic nitrogens is 5. The molecular weight excluding hydrogens is 461 g/mol. The number of hydrogen-bond donors (Lipinski definition) is 0. The highest BCUT2D eigenvalue weighted by Gasteiger charge is 2.33. The first-order valence-corrected chi connectivity index (χ1v) is 11.5. The Labute approximate surface area is 200 Å². The van der Waals surface area contributed by atoms with Crippen LogP contribution >= 0.6 is 0 Å². The van der Waals surface area contributed by atoms with Crippen molar-refractivity contribution in [2.24, 2.45) is 5.92 Å². The van der Waals surface area contributed by atoms with Gasteiger partial charge in [0.25, 0.3) is 0 Å². The van der Waals surface area contributed by atoms with Crippen LogP contribution in [-0.2, 0) is 11.0 Å². The molecule has 35 heavy (non-hydrogen) atoms. The first-order chi connectivity index (χ1) is 16.9. The monoisotopic (exact) mass is 486 g/mol. The molecule has 0 N–H and O–H groups in total. The SMILES string of the molecule is O=C(C1CCN(c2cc(-n3ccnc3)ncn2)CC1)N1CCN(c2ccc(C(F)(F)F)cn2)CC1. The van der Waals surface area contributed by atoms with Crippen molar-refractivity contribution in [3.63, 3.8) is 0 Å². The zero-order chi connectivity index (χ0) is 24.4. The summed E-state index contributed by atoms with van der Waals surface area (Å²) in [7, 11) is 0. The van der Waals surface area contributed by atoms with Gasteiger partial charge in [0, 0.05) is 69.8 Å². The number of imidazole rings is 1. The molecule has 0 aromatic carbocycles. The maximum Gasteiger partial charge on any atom is 0.417 e. The van der Waals surface area contributed by atoms with E-state index in [-0.39, 0.29) is 11.8 Å². The van der Waals surface area contributed by atoms with Gasteiger partial charge in [-0.25, -0.2) is 19.9 Å². The molecule has 1 amide bonds. The lowest BCUT2D eigenvalue weighted by Crippen LogP contribution is -2.52. The van der Waals surface area contributed by atoms with Crippen molar-refractivity contribution in [1.82, 2.24) is 29.4 Å². The van der Waals surface area contributed by atoms with E-state index in [1.165, 1.54) is 12.4 Å². The number of carbonyl (C=O) groups is 1. The number of anilines is 2. The van der Waals surface area contributed by atoms with Gasteiger partial charge in [-0.2, -0.15) is 13.2 Å². The second-order valence-corrected chi connectivity index (χ2v) is 8.68. The van der Waals surface area contributed by atoms with Crippen LogP contribution in [0.25, 0.3) is 5.82 Å². The summed E-state index contributed by atoms with van der Waals surface area (Å²) in [5.41, 5.74) is -0.763. The average Bonchev–Trinajstić information content (AvgIpc) is 3.43. The minimum atomic E-state index is -4.40. The molecule has 2 saturated heterocycles. The molecule has 0 radical (unpaired) electrons. The highest BCUT2D eigenvalue weighted by Crippen LogP contribution is 2.30. The standard InChI is InChI=1S/C23H25F3N8O/c24-23(25,26)18-1-2-19(28-14-18)32-9-11-33(12-10-32)22(35)17-3-6-31(7-4-17)20-13-21(30-15-29-20)34-8-5-27-16-34/h1-2,5,8,13-17H,3-4,6-7,9-12H2. The third kappa shape index (κ3) is 5.05. The molecule has 3 aromatic heterocycles. The van der Waals surface area contributed by atoms with E-state index in [2.05, 4.69) is 24.8 Å². The van der Waals surface area contributed by atoms with Gasteiger partial charge in [-0.1, -0.05) is 0 Å². The molecular formula is C23H25F3N8O. The van der Waals surface area contributed by atoms with E-state index in [1.54, 1.807) is 12.5 Å². The van der Waals surface area contributed by atoms with E-state index in [4.69, 9.17) is 0 Å². The summed E-state index contributed by atoms with van der Waals surface area (Å²) in [6.07, 6.45) is 4.67. The molecule has 0 saturated carbocycles. The number of carbonyl (C=O) groups excluding carboxylic acids is 1. The number of amides is 1. The number of nitrogens with zero attached hydrogens (tertiary/aromatic N) is 8. The number of piperazine rings is 1. The van der Waals surface area contributed by atoms with Crippen molar-refractivity contribution in [3.05, 3.63) is 55.0 Å². The summed E-state index contributed by atoms with van der Waals surface area (Å²) in [5, 5.41) is 0. The lowest BCUT2D eigenvalue weighted by atomic mass is 9.95. The van der Waals surface area contributed by atoms with Crippen LogP contribution in [0.15, 0.2) is 49.4 Å². The maximum absolute atomic E-state index is 13.1.